The Bertz CT molecular complexity index is 718. The molecule has 0 atom stereocenters. The number of benzene rings is 2. The molecule has 0 aromatic heterocycles. The van der Waals surface area contributed by atoms with E-state index in [1.807, 2.05) is 24.3 Å². The molecule has 1 aliphatic rings. The molecule has 0 radical (unpaired) electrons. The van der Waals surface area contributed by atoms with Crippen molar-refractivity contribution in [3.8, 4) is 6.07 Å². The van der Waals surface area contributed by atoms with E-state index in [1.54, 1.807) is 6.07 Å². The molecule has 2 aromatic carbocycles. The maximum absolute atomic E-state index is 8.90. The minimum Gasteiger partial charge on any atom is -0.398 e. The number of halogens is 1. The number of nitrogen functional groups attached to an aromatic ring is 1. The van der Waals surface area contributed by atoms with E-state index in [4.69, 9.17) is 22.6 Å². The third-order valence-electron chi connectivity index (χ3n) is 3.93. The summed E-state index contributed by atoms with van der Waals surface area (Å²) in [5.74, 6) is 0. The summed E-state index contributed by atoms with van der Waals surface area (Å²) in [6, 6.07) is 13.6. The van der Waals surface area contributed by atoms with Gasteiger partial charge in [-0.3, -0.25) is 0 Å². The quantitative estimate of drug-likeness (QED) is 0.859. The topological polar surface area (TPSA) is 53.0 Å². The maximum atomic E-state index is 8.90. The zero-order valence-electron chi connectivity index (χ0n) is 11.6. The lowest BCUT2D eigenvalue weighted by Gasteiger charge is -2.32. The normalized spacial score (nSPS) is 13.6. The van der Waals surface area contributed by atoms with E-state index >= 15 is 0 Å². The van der Waals surface area contributed by atoms with E-state index in [1.165, 1.54) is 11.3 Å². The molecule has 106 valence electrons. The number of hydrogen-bond donors (Lipinski definition) is 1. The van der Waals surface area contributed by atoms with Crippen LogP contribution in [0, 0.1) is 11.3 Å². The second-order valence-electron chi connectivity index (χ2n) is 5.29. The number of rotatable bonds is 2. The average molecular weight is 298 g/mol. The van der Waals surface area contributed by atoms with Crippen LogP contribution in [0.4, 0.5) is 11.4 Å². The van der Waals surface area contributed by atoms with Gasteiger partial charge in [0.15, 0.2) is 0 Å². The summed E-state index contributed by atoms with van der Waals surface area (Å²) in [7, 11) is 0. The summed E-state index contributed by atoms with van der Waals surface area (Å²) in [4.78, 5) is 2.31. The third kappa shape index (κ3) is 2.68. The van der Waals surface area contributed by atoms with Gasteiger partial charge in [0.05, 0.1) is 11.6 Å². The van der Waals surface area contributed by atoms with E-state index in [-0.39, 0.29) is 0 Å². The first-order valence-electron chi connectivity index (χ1n) is 7.00. The first-order chi connectivity index (χ1) is 10.2. The second kappa shape index (κ2) is 5.67. The Morgan fingerprint density at radius 1 is 1.29 bits per heavy atom. The number of fused-ring (bicyclic) bond motifs is 1. The van der Waals surface area contributed by atoms with E-state index in [0.717, 1.165) is 37.2 Å². The highest BCUT2D eigenvalue weighted by Crippen LogP contribution is 2.33. The molecule has 3 rings (SSSR count). The number of nitriles is 1. The molecule has 21 heavy (non-hydrogen) atoms. The number of hydrogen-bond acceptors (Lipinski definition) is 3. The largest absolute Gasteiger partial charge is 0.398 e. The van der Waals surface area contributed by atoms with Crippen molar-refractivity contribution in [2.24, 2.45) is 0 Å². The van der Waals surface area contributed by atoms with E-state index in [2.05, 4.69) is 17.0 Å². The van der Waals surface area contributed by atoms with Gasteiger partial charge < -0.3 is 10.6 Å². The zero-order valence-corrected chi connectivity index (χ0v) is 12.4. The molecule has 3 nitrogen and oxygen atoms in total. The molecule has 0 saturated heterocycles. The zero-order chi connectivity index (χ0) is 14.8. The van der Waals surface area contributed by atoms with E-state index in [0.29, 0.717) is 10.6 Å². The van der Waals surface area contributed by atoms with Gasteiger partial charge in [-0.1, -0.05) is 23.7 Å². The Balaban J connectivity index is 1.91. The second-order valence-corrected chi connectivity index (χ2v) is 5.70. The first-order valence-corrected chi connectivity index (χ1v) is 7.37. The van der Waals surface area contributed by atoms with Crippen molar-refractivity contribution >= 4 is 23.0 Å². The monoisotopic (exact) mass is 297 g/mol. The number of nitrogens with zero attached hydrogens (tertiary/aromatic N) is 2. The molecule has 0 amide bonds. The number of nitrogens with two attached hydrogens (primary N) is 1. The third-order valence-corrected chi connectivity index (χ3v) is 4.28. The molecule has 0 spiro atoms. The highest BCUT2D eigenvalue weighted by atomic mass is 35.5. The number of anilines is 2. The Labute approximate surface area is 129 Å². The van der Waals surface area contributed by atoms with Crippen LogP contribution in [0.1, 0.15) is 23.1 Å². The predicted octanol–water partition coefficient (Wildman–Crippen LogP) is 3.75. The molecular formula is C17H16ClN3. The fraction of sp³-hybridized carbons (Fsp3) is 0.235. The van der Waals surface area contributed by atoms with Gasteiger partial charge in [-0.05, 0) is 48.2 Å². The summed E-state index contributed by atoms with van der Waals surface area (Å²) >= 11 is 6.28. The van der Waals surface area contributed by atoms with Crippen molar-refractivity contribution in [3.63, 3.8) is 0 Å². The lowest BCUT2D eigenvalue weighted by atomic mass is 9.99. The summed E-state index contributed by atoms with van der Waals surface area (Å²) in [6.45, 7) is 1.73. The van der Waals surface area contributed by atoms with Crippen molar-refractivity contribution in [1.29, 1.82) is 5.26 Å². The molecule has 0 aliphatic carbocycles. The van der Waals surface area contributed by atoms with Crippen molar-refractivity contribution in [3.05, 3.63) is 58.1 Å². The van der Waals surface area contributed by atoms with Crippen LogP contribution >= 0.6 is 11.6 Å². The summed E-state index contributed by atoms with van der Waals surface area (Å²) in [5.41, 5.74) is 11.0. The van der Waals surface area contributed by atoms with Crippen molar-refractivity contribution in [1.82, 2.24) is 0 Å². The van der Waals surface area contributed by atoms with Crippen LogP contribution < -0.4 is 10.6 Å². The van der Waals surface area contributed by atoms with Gasteiger partial charge in [-0.25, -0.2) is 0 Å². The van der Waals surface area contributed by atoms with Crippen LogP contribution in [0.2, 0.25) is 5.02 Å². The standard InChI is InChI=1S/C17H16ClN3/c18-15-9-12(10-19)6-7-13(15)11-21-8-2-3-14-16(20)4-1-5-17(14)21/h1,4-7,9H,2-3,8,11,20H2. The van der Waals surface area contributed by atoms with Gasteiger partial charge in [0.25, 0.3) is 0 Å². The van der Waals surface area contributed by atoms with Gasteiger partial charge in [-0.15, -0.1) is 0 Å². The Morgan fingerprint density at radius 2 is 2.14 bits per heavy atom. The molecular weight excluding hydrogens is 282 g/mol. The molecule has 0 fully saturated rings. The molecule has 1 aliphatic heterocycles. The van der Waals surface area contributed by atoms with Gasteiger partial charge in [0.1, 0.15) is 0 Å². The van der Waals surface area contributed by atoms with Crippen LogP contribution in [0.15, 0.2) is 36.4 Å². The van der Waals surface area contributed by atoms with Crippen LogP contribution in [-0.4, -0.2) is 6.54 Å². The van der Waals surface area contributed by atoms with Crippen molar-refractivity contribution in [2.75, 3.05) is 17.2 Å². The average Bonchev–Trinajstić information content (AvgIpc) is 2.50. The highest BCUT2D eigenvalue weighted by Gasteiger charge is 2.19. The minimum absolute atomic E-state index is 0.590. The fourth-order valence-corrected chi connectivity index (χ4v) is 3.08. The van der Waals surface area contributed by atoms with Crippen LogP contribution in [0.3, 0.4) is 0 Å². The van der Waals surface area contributed by atoms with Crippen LogP contribution in [0.25, 0.3) is 0 Å². The Hall–Kier alpha value is -2.18. The summed E-state index contributed by atoms with van der Waals surface area (Å²) in [5, 5.41) is 9.55. The Kier molecular flexibility index (Phi) is 3.72. The summed E-state index contributed by atoms with van der Waals surface area (Å²) in [6.07, 6.45) is 2.12. The van der Waals surface area contributed by atoms with Gasteiger partial charge in [-0.2, -0.15) is 5.26 Å². The summed E-state index contributed by atoms with van der Waals surface area (Å²) < 4.78 is 0. The van der Waals surface area contributed by atoms with Crippen molar-refractivity contribution in [2.45, 2.75) is 19.4 Å². The van der Waals surface area contributed by atoms with Crippen molar-refractivity contribution < 1.29 is 0 Å². The smallest absolute Gasteiger partial charge is 0.0992 e. The van der Waals surface area contributed by atoms with Crippen LogP contribution in [-0.2, 0) is 13.0 Å². The highest BCUT2D eigenvalue weighted by molar-refractivity contribution is 6.31. The predicted molar refractivity (Wildman–Crippen MR) is 86.4 cm³/mol. The molecule has 0 unspecified atom stereocenters. The van der Waals surface area contributed by atoms with E-state index in [9.17, 15) is 0 Å². The molecule has 0 bridgehead atoms. The fourth-order valence-electron chi connectivity index (χ4n) is 2.84. The molecule has 2 N–H and O–H groups in total. The lowest BCUT2D eigenvalue weighted by molar-refractivity contribution is 0.692. The van der Waals surface area contributed by atoms with Gasteiger partial charge in [0, 0.05) is 29.5 Å². The SMILES string of the molecule is N#Cc1ccc(CN2CCCc3c(N)cccc32)c(Cl)c1. The molecule has 4 heteroatoms. The molecule has 0 saturated carbocycles. The Morgan fingerprint density at radius 3 is 2.90 bits per heavy atom. The first kappa shape index (κ1) is 13.8. The lowest BCUT2D eigenvalue weighted by Crippen LogP contribution is -2.29. The molecule has 1 heterocycles. The maximum Gasteiger partial charge on any atom is 0.0992 e. The van der Waals surface area contributed by atoms with E-state index < -0.39 is 0 Å². The van der Waals surface area contributed by atoms with Crippen LogP contribution in [0.5, 0.6) is 0 Å². The van der Waals surface area contributed by atoms with Gasteiger partial charge in [0.2, 0.25) is 0 Å². The van der Waals surface area contributed by atoms with Gasteiger partial charge >= 0.3 is 0 Å². The molecule has 2 aromatic rings. The minimum atomic E-state index is 0.590.